The Morgan fingerprint density at radius 2 is 1.97 bits per heavy atom. The molecule has 9 nitrogen and oxygen atoms in total. The van der Waals surface area contributed by atoms with Gasteiger partial charge in [-0.25, -0.2) is 9.97 Å². The summed E-state index contributed by atoms with van der Waals surface area (Å²) in [5, 5.41) is 11.7. The van der Waals surface area contributed by atoms with E-state index in [9.17, 15) is 0 Å². The minimum atomic E-state index is 0.102. The van der Waals surface area contributed by atoms with Gasteiger partial charge in [-0.05, 0) is 38.8 Å². The third kappa shape index (κ3) is 4.99. The minimum Gasteiger partial charge on any atom is -0.377 e. The third-order valence-corrected chi connectivity index (χ3v) is 5.69. The average Bonchev–Trinajstić information content (AvgIpc) is 3.11. The molecule has 4 rings (SSSR count). The summed E-state index contributed by atoms with van der Waals surface area (Å²) in [5.74, 6) is 2.21. The maximum atomic E-state index is 5.99. The van der Waals surface area contributed by atoms with Gasteiger partial charge >= 0.3 is 0 Å². The predicted molar refractivity (Wildman–Crippen MR) is 128 cm³/mol. The minimum absolute atomic E-state index is 0.102. The van der Waals surface area contributed by atoms with E-state index < -0.39 is 0 Å². The van der Waals surface area contributed by atoms with Crippen molar-refractivity contribution in [2.45, 2.75) is 53.2 Å². The Kier molecular flexibility index (Phi) is 7.16. The Bertz CT molecular complexity index is 1020. The van der Waals surface area contributed by atoms with Crippen molar-refractivity contribution in [2.75, 3.05) is 43.0 Å². The van der Waals surface area contributed by atoms with Crippen molar-refractivity contribution in [3.8, 4) is 0 Å². The van der Waals surface area contributed by atoms with Crippen molar-refractivity contribution >= 4 is 28.6 Å². The molecule has 1 saturated heterocycles. The molecule has 0 aromatic carbocycles. The number of aryl methyl sites for hydroxylation is 2. The molecule has 32 heavy (non-hydrogen) atoms. The number of hydrogen-bond acceptors (Lipinski definition) is 8. The number of ether oxygens (including phenoxy) is 1. The summed E-state index contributed by atoms with van der Waals surface area (Å²) in [6.45, 7) is 13.2. The zero-order valence-electron chi connectivity index (χ0n) is 19.6. The first-order valence-electron chi connectivity index (χ1n) is 11.6. The number of rotatable bonds is 9. The summed E-state index contributed by atoms with van der Waals surface area (Å²) in [6.07, 6.45) is 4.00. The summed E-state index contributed by atoms with van der Waals surface area (Å²) in [7, 11) is 0. The molecule has 0 saturated carbocycles. The van der Waals surface area contributed by atoms with E-state index in [1.807, 2.05) is 43.8 Å². The number of pyridine rings is 1. The van der Waals surface area contributed by atoms with Crippen LogP contribution in [-0.2, 0) is 11.3 Å². The molecule has 2 N–H and O–H groups in total. The zero-order chi connectivity index (χ0) is 22.5. The van der Waals surface area contributed by atoms with E-state index in [1.165, 1.54) is 0 Å². The molecule has 1 unspecified atom stereocenters. The highest BCUT2D eigenvalue weighted by Gasteiger charge is 2.22. The van der Waals surface area contributed by atoms with Crippen LogP contribution < -0.4 is 15.5 Å². The maximum Gasteiger partial charge on any atom is 0.228 e. The lowest BCUT2D eigenvalue weighted by Gasteiger charge is -2.27. The van der Waals surface area contributed by atoms with Crippen molar-refractivity contribution in [1.82, 2.24) is 30.0 Å². The number of anilines is 3. The van der Waals surface area contributed by atoms with E-state index in [1.54, 1.807) is 0 Å². The zero-order valence-corrected chi connectivity index (χ0v) is 19.6. The van der Waals surface area contributed by atoms with Gasteiger partial charge in [0.05, 0.1) is 18.3 Å². The molecule has 1 aliphatic heterocycles. The van der Waals surface area contributed by atoms with Gasteiger partial charge in [0.1, 0.15) is 16.9 Å². The molecular weight excluding hydrogens is 404 g/mol. The van der Waals surface area contributed by atoms with Gasteiger partial charge in [0.15, 0.2) is 5.82 Å². The maximum absolute atomic E-state index is 5.99. The smallest absolute Gasteiger partial charge is 0.228 e. The predicted octanol–water partition coefficient (Wildman–Crippen LogP) is 3.20. The van der Waals surface area contributed by atoms with Crippen LogP contribution in [0.3, 0.4) is 0 Å². The van der Waals surface area contributed by atoms with Gasteiger partial charge in [0.2, 0.25) is 5.95 Å². The van der Waals surface area contributed by atoms with Crippen molar-refractivity contribution in [2.24, 2.45) is 0 Å². The highest BCUT2D eigenvalue weighted by molar-refractivity contribution is 5.90. The average molecular weight is 439 g/mol. The Hall–Kier alpha value is -2.78. The number of hydrogen-bond donors (Lipinski definition) is 2. The van der Waals surface area contributed by atoms with E-state index in [2.05, 4.69) is 27.4 Å². The Morgan fingerprint density at radius 3 is 2.66 bits per heavy atom. The number of piperazine rings is 1. The van der Waals surface area contributed by atoms with Crippen LogP contribution in [0.4, 0.5) is 17.6 Å². The highest BCUT2D eigenvalue weighted by Crippen LogP contribution is 2.29. The van der Waals surface area contributed by atoms with Crippen molar-refractivity contribution in [3.05, 3.63) is 29.6 Å². The monoisotopic (exact) mass is 438 g/mol. The van der Waals surface area contributed by atoms with Crippen LogP contribution in [0.25, 0.3) is 11.0 Å². The van der Waals surface area contributed by atoms with Crippen LogP contribution >= 0.6 is 0 Å². The van der Waals surface area contributed by atoms with Gasteiger partial charge in [-0.15, -0.1) is 0 Å². The normalized spacial score (nSPS) is 15.3. The molecule has 9 heteroatoms. The lowest BCUT2D eigenvalue weighted by atomic mass is 10.2. The lowest BCUT2D eigenvalue weighted by Crippen LogP contribution is -2.44. The summed E-state index contributed by atoms with van der Waals surface area (Å²) >= 11 is 0. The molecular formula is C23H34N8O. The summed E-state index contributed by atoms with van der Waals surface area (Å²) in [5.41, 5.74) is 3.77. The van der Waals surface area contributed by atoms with Gasteiger partial charge in [0, 0.05) is 39.0 Å². The topological polar surface area (TPSA) is 93.0 Å². The first kappa shape index (κ1) is 22.4. The number of nitrogens with zero attached hydrogens (tertiary/aromatic N) is 6. The van der Waals surface area contributed by atoms with Gasteiger partial charge in [-0.2, -0.15) is 10.1 Å². The molecule has 3 aromatic heterocycles. The number of fused-ring (bicyclic) bond motifs is 1. The van der Waals surface area contributed by atoms with E-state index in [4.69, 9.17) is 19.8 Å². The molecule has 1 aliphatic rings. The molecule has 0 bridgehead atoms. The second kappa shape index (κ2) is 10.2. The Balaban J connectivity index is 1.78. The molecule has 0 radical (unpaired) electrons. The van der Waals surface area contributed by atoms with E-state index in [-0.39, 0.29) is 6.10 Å². The molecule has 1 fully saturated rings. The summed E-state index contributed by atoms with van der Waals surface area (Å²) in [4.78, 5) is 16.6. The van der Waals surface area contributed by atoms with E-state index in [0.29, 0.717) is 13.2 Å². The fraction of sp³-hybridized carbons (Fsp3) is 0.565. The molecule has 0 amide bonds. The first-order chi connectivity index (χ1) is 15.6. The van der Waals surface area contributed by atoms with Crippen LogP contribution in [0.2, 0.25) is 0 Å². The van der Waals surface area contributed by atoms with Crippen LogP contribution in [-0.4, -0.2) is 63.6 Å². The molecule has 172 valence electrons. The molecule has 0 spiro atoms. The largest absolute Gasteiger partial charge is 0.377 e. The summed E-state index contributed by atoms with van der Waals surface area (Å²) in [6, 6.07) is 4.02. The SMILES string of the molecule is CCCC(Cn1nc(C)c2nc(N3CCNCC3)nc(Nc3ccc(C)cn3)c21)OCC. The standard InChI is InChI=1S/C23H34N8O/c1-5-7-18(32-6-2)15-31-21-20(17(4)29-31)27-23(30-12-10-24-11-13-30)28-22(21)26-19-9-8-16(3)14-25-19/h8-9,14,18,24H,5-7,10-13,15H2,1-4H3,(H,25,26,27,28). The molecule has 3 aromatic rings. The van der Waals surface area contributed by atoms with Gasteiger partial charge in [-0.3, -0.25) is 4.68 Å². The summed E-state index contributed by atoms with van der Waals surface area (Å²) < 4.78 is 7.98. The Morgan fingerprint density at radius 1 is 1.16 bits per heavy atom. The fourth-order valence-electron chi connectivity index (χ4n) is 4.08. The van der Waals surface area contributed by atoms with Crippen LogP contribution in [0.5, 0.6) is 0 Å². The van der Waals surface area contributed by atoms with Crippen LogP contribution in [0, 0.1) is 13.8 Å². The Labute approximate surface area is 189 Å². The van der Waals surface area contributed by atoms with E-state index in [0.717, 1.165) is 78.9 Å². The van der Waals surface area contributed by atoms with Crippen molar-refractivity contribution < 1.29 is 4.74 Å². The van der Waals surface area contributed by atoms with E-state index >= 15 is 0 Å². The van der Waals surface area contributed by atoms with Gasteiger partial charge < -0.3 is 20.3 Å². The molecule has 0 aliphatic carbocycles. The number of aromatic nitrogens is 5. The van der Waals surface area contributed by atoms with Crippen LogP contribution in [0.1, 0.15) is 37.9 Å². The lowest BCUT2D eigenvalue weighted by molar-refractivity contribution is 0.0425. The first-order valence-corrected chi connectivity index (χ1v) is 11.6. The van der Waals surface area contributed by atoms with Crippen LogP contribution in [0.15, 0.2) is 18.3 Å². The quantitative estimate of drug-likeness (QED) is 0.526. The third-order valence-electron chi connectivity index (χ3n) is 5.69. The second-order valence-corrected chi connectivity index (χ2v) is 8.29. The van der Waals surface area contributed by atoms with Crippen molar-refractivity contribution in [3.63, 3.8) is 0 Å². The fourth-order valence-corrected chi connectivity index (χ4v) is 4.08. The number of nitrogens with one attached hydrogen (secondary N) is 2. The molecule has 4 heterocycles. The second-order valence-electron chi connectivity index (χ2n) is 8.29. The van der Waals surface area contributed by atoms with Gasteiger partial charge in [0.25, 0.3) is 0 Å². The van der Waals surface area contributed by atoms with Crippen molar-refractivity contribution in [1.29, 1.82) is 0 Å². The molecule has 1 atom stereocenters. The van der Waals surface area contributed by atoms with Gasteiger partial charge in [-0.1, -0.05) is 19.4 Å². The highest BCUT2D eigenvalue weighted by atomic mass is 16.5.